The number of halogens is 2. The lowest BCUT2D eigenvalue weighted by atomic mass is 10.4. The second-order valence-corrected chi connectivity index (χ2v) is 5.85. The molecule has 0 fully saturated rings. The monoisotopic (exact) mass is 291 g/mol. The minimum atomic E-state index is -0.183. The minimum absolute atomic E-state index is 0.0212. The zero-order valence-electron chi connectivity index (χ0n) is 9.80. The molecule has 0 saturated heterocycles. The van der Waals surface area contributed by atoms with Gasteiger partial charge < -0.3 is 5.32 Å². The van der Waals surface area contributed by atoms with Gasteiger partial charge in [-0.3, -0.25) is 4.79 Å². The fourth-order valence-electron chi connectivity index (χ4n) is 1.20. The van der Waals surface area contributed by atoms with Gasteiger partial charge in [0.05, 0.1) is 10.3 Å². The van der Waals surface area contributed by atoms with Crippen molar-refractivity contribution in [2.75, 3.05) is 6.54 Å². The molecule has 0 bridgehead atoms. The molecule has 0 aliphatic carbocycles. The van der Waals surface area contributed by atoms with E-state index in [2.05, 4.69) is 5.32 Å². The fourth-order valence-corrected chi connectivity index (χ4v) is 2.64. The Morgan fingerprint density at radius 3 is 2.82 bits per heavy atom. The first-order chi connectivity index (χ1) is 8.04. The van der Waals surface area contributed by atoms with Crippen LogP contribution in [0.15, 0.2) is 23.1 Å². The smallest absolute Gasteiger partial charge is 0.233 e. The van der Waals surface area contributed by atoms with Gasteiger partial charge in [-0.25, -0.2) is 0 Å². The molecule has 0 saturated carbocycles. The van der Waals surface area contributed by atoms with E-state index in [0.29, 0.717) is 16.6 Å². The number of carbonyl (C=O) groups excluding carboxylic acids is 1. The zero-order chi connectivity index (χ0) is 12.8. The van der Waals surface area contributed by atoms with Crippen LogP contribution in [0, 0.1) is 0 Å². The van der Waals surface area contributed by atoms with Crippen molar-refractivity contribution in [2.24, 2.45) is 0 Å². The Hall–Kier alpha value is -0.380. The summed E-state index contributed by atoms with van der Waals surface area (Å²) in [5, 5.41) is 3.91. The Bertz CT molecular complexity index is 398. The highest BCUT2D eigenvalue weighted by molar-refractivity contribution is 8.00. The average molecular weight is 292 g/mol. The fraction of sp³-hybridized carbons (Fsp3) is 0.417. The second-order valence-electron chi connectivity index (χ2n) is 3.63. The summed E-state index contributed by atoms with van der Waals surface area (Å²) in [5.41, 5.74) is 0. The lowest BCUT2D eigenvalue weighted by Gasteiger charge is -2.12. The zero-order valence-corrected chi connectivity index (χ0v) is 12.1. The predicted octanol–water partition coefficient (Wildman–Crippen LogP) is 4.00. The molecule has 1 rings (SSSR count). The van der Waals surface area contributed by atoms with Crippen molar-refractivity contribution in [2.45, 2.75) is 30.4 Å². The topological polar surface area (TPSA) is 29.1 Å². The van der Waals surface area contributed by atoms with Crippen molar-refractivity contribution in [1.29, 1.82) is 0 Å². The van der Waals surface area contributed by atoms with Crippen LogP contribution in [0.1, 0.15) is 20.3 Å². The molecule has 1 aromatic carbocycles. The summed E-state index contributed by atoms with van der Waals surface area (Å²) in [6, 6.07) is 5.25. The number of carbonyl (C=O) groups is 1. The first kappa shape index (κ1) is 14.7. The second kappa shape index (κ2) is 7.14. The highest BCUT2D eigenvalue weighted by Gasteiger charge is 2.15. The normalized spacial score (nSPS) is 12.2. The maximum absolute atomic E-state index is 11.7. The van der Waals surface area contributed by atoms with Crippen molar-refractivity contribution < 1.29 is 4.79 Å². The highest BCUT2D eigenvalue weighted by atomic mass is 35.5. The van der Waals surface area contributed by atoms with Gasteiger partial charge in [0.1, 0.15) is 0 Å². The average Bonchev–Trinajstić information content (AvgIpc) is 2.30. The van der Waals surface area contributed by atoms with Crippen LogP contribution in [-0.4, -0.2) is 17.7 Å². The molecule has 0 aliphatic heterocycles. The molecule has 1 aromatic rings. The van der Waals surface area contributed by atoms with Crippen molar-refractivity contribution in [1.82, 2.24) is 5.32 Å². The number of rotatable bonds is 5. The molecule has 1 N–H and O–H groups in total. The van der Waals surface area contributed by atoms with Crippen LogP contribution >= 0.6 is 35.0 Å². The molecule has 1 amide bonds. The van der Waals surface area contributed by atoms with Crippen molar-refractivity contribution >= 4 is 40.9 Å². The first-order valence-corrected chi connectivity index (χ1v) is 7.07. The Labute approximate surface area is 116 Å². The molecule has 0 spiro atoms. The third-order valence-electron chi connectivity index (χ3n) is 2.12. The summed E-state index contributed by atoms with van der Waals surface area (Å²) in [6.07, 6.45) is 0.932. The molecule has 1 atom stereocenters. The van der Waals surface area contributed by atoms with Crippen LogP contribution in [0.2, 0.25) is 10.0 Å². The van der Waals surface area contributed by atoms with Crippen molar-refractivity contribution in [3.63, 3.8) is 0 Å². The molecule has 0 aromatic heterocycles. The third-order valence-corrected chi connectivity index (χ3v) is 3.95. The molecular weight excluding hydrogens is 277 g/mol. The number of nitrogens with one attached hydrogen (secondary N) is 1. The van der Waals surface area contributed by atoms with E-state index in [-0.39, 0.29) is 11.2 Å². The van der Waals surface area contributed by atoms with Crippen LogP contribution < -0.4 is 5.32 Å². The van der Waals surface area contributed by atoms with Crippen LogP contribution in [0.5, 0.6) is 0 Å². The summed E-state index contributed by atoms with van der Waals surface area (Å²) in [4.78, 5) is 12.5. The lowest BCUT2D eigenvalue weighted by molar-refractivity contribution is -0.120. The van der Waals surface area contributed by atoms with E-state index in [9.17, 15) is 4.79 Å². The van der Waals surface area contributed by atoms with Crippen LogP contribution in [-0.2, 0) is 4.79 Å². The molecular formula is C12H15Cl2NOS. The quantitative estimate of drug-likeness (QED) is 0.831. The van der Waals surface area contributed by atoms with Gasteiger partial charge in [0.2, 0.25) is 5.91 Å². The standard InChI is InChI=1S/C12H15Cl2NOS/c1-3-6-15-12(16)8(2)17-11-7-9(13)4-5-10(11)14/h4-5,7-8H,3,6H2,1-2H3,(H,15,16). The molecule has 2 nitrogen and oxygen atoms in total. The molecule has 0 radical (unpaired) electrons. The van der Waals surface area contributed by atoms with Crippen LogP contribution in [0.4, 0.5) is 0 Å². The minimum Gasteiger partial charge on any atom is -0.355 e. The number of benzene rings is 1. The summed E-state index contributed by atoms with van der Waals surface area (Å²) in [6.45, 7) is 4.58. The maximum Gasteiger partial charge on any atom is 0.233 e. The van der Waals surface area contributed by atoms with E-state index in [0.717, 1.165) is 11.3 Å². The predicted molar refractivity (Wildman–Crippen MR) is 75.1 cm³/mol. The van der Waals surface area contributed by atoms with E-state index < -0.39 is 0 Å². The van der Waals surface area contributed by atoms with Crippen molar-refractivity contribution in [3.05, 3.63) is 28.2 Å². The summed E-state index contributed by atoms with van der Waals surface area (Å²) in [7, 11) is 0. The van der Waals surface area contributed by atoms with E-state index in [4.69, 9.17) is 23.2 Å². The molecule has 1 unspecified atom stereocenters. The number of amides is 1. The van der Waals surface area contributed by atoms with Crippen LogP contribution in [0.25, 0.3) is 0 Å². The molecule has 0 heterocycles. The SMILES string of the molecule is CCCNC(=O)C(C)Sc1cc(Cl)ccc1Cl. The number of hydrogen-bond donors (Lipinski definition) is 1. The van der Waals surface area contributed by atoms with E-state index in [1.165, 1.54) is 11.8 Å². The van der Waals surface area contributed by atoms with Gasteiger partial charge in [0.25, 0.3) is 0 Å². The summed E-state index contributed by atoms with van der Waals surface area (Å²) >= 11 is 13.3. The first-order valence-electron chi connectivity index (χ1n) is 5.44. The largest absolute Gasteiger partial charge is 0.355 e. The van der Waals surface area contributed by atoms with Gasteiger partial charge in [-0.2, -0.15) is 0 Å². The summed E-state index contributed by atoms with van der Waals surface area (Å²) < 4.78 is 0. The molecule has 94 valence electrons. The van der Waals surface area contributed by atoms with Crippen molar-refractivity contribution in [3.8, 4) is 0 Å². The van der Waals surface area contributed by atoms with E-state index in [1.807, 2.05) is 13.8 Å². The maximum atomic E-state index is 11.7. The van der Waals surface area contributed by atoms with E-state index in [1.54, 1.807) is 18.2 Å². The molecule has 0 aliphatic rings. The Morgan fingerprint density at radius 1 is 1.47 bits per heavy atom. The summed E-state index contributed by atoms with van der Waals surface area (Å²) in [5.74, 6) is 0.0212. The Balaban J connectivity index is 2.64. The van der Waals surface area contributed by atoms with Gasteiger partial charge in [-0.1, -0.05) is 30.1 Å². The van der Waals surface area contributed by atoms with Gasteiger partial charge in [-0.15, -0.1) is 11.8 Å². The highest BCUT2D eigenvalue weighted by Crippen LogP contribution is 2.32. The van der Waals surface area contributed by atoms with Gasteiger partial charge in [0, 0.05) is 16.5 Å². The number of thioether (sulfide) groups is 1. The number of hydrogen-bond acceptors (Lipinski definition) is 2. The third kappa shape index (κ3) is 4.78. The molecule has 5 heteroatoms. The van der Waals surface area contributed by atoms with Gasteiger partial charge in [-0.05, 0) is 31.5 Å². The van der Waals surface area contributed by atoms with E-state index >= 15 is 0 Å². The van der Waals surface area contributed by atoms with Gasteiger partial charge >= 0.3 is 0 Å². The van der Waals surface area contributed by atoms with Crippen LogP contribution in [0.3, 0.4) is 0 Å². The Morgan fingerprint density at radius 2 is 2.18 bits per heavy atom. The Kier molecular flexibility index (Phi) is 6.17. The molecule has 17 heavy (non-hydrogen) atoms. The lowest BCUT2D eigenvalue weighted by Crippen LogP contribution is -2.31. The van der Waals surface area contributed by atoms with Gasteiger partial charge in [0.15, 0.2) is 0 Å².